The van der Waals surface area contributed by atoms with Crippen LogP contribution in [0.4, 0.5) is 0 Å². The normalized spacial score (nSPS) is 12.2. The van der Waals surface area contributed by atoms with Crippen molar-refractivity contribution in [2.24, 2.45) is 0 Å². The first-order valence-electron chi connectivity index (χ1n) is 4.60. The van der Waals surface area contributed by atoms with E-state index in [0.717, 1.165) is 3.97 Å². The van der Waals surface area contributed by atoms with Crippen molar-refractivity contribution in [3.63, 3.8) is 0 Å². The van der Waals surface area contributed by atoms with Gasteiger partial charge in [0.1, 0.15) is 0 Å². The Bertz CT molecular complexity index is 501. The number of esters is 1. The molecule has 0 amide bonds. The number of carbonyl (C=O) groups excluding carboxylic acids is 1. The van der Waals surface area contributed by atoms with Gasteiger partial charge in [0.15, 0.2) is 12.4 Å². The molecule has 0 saturated carbocycles. The maximum Gasteiger partial charge on any atom is 0.406 e. The van der Waals surface area contributed by atoms with E-state index < -0.39 is 18.6 Å². The second kappa shape index (κ2) is 5.45. The van der Waals surface area contributed by atoms with Gasteiger partial charge in [0, 0.05) is 12.1 Å². The maximum absolute atomic E-state index is 12.1. The zero-order chi connectivity index (χ0) is 13.1. The molecule has 0 aliphatic heterocycles. The van der Waals surface area contributed by atoms with Crippen molar-refractivity contribution in [2.45, 2.75) is 9.49 Å². The molecule has 1 rings (SSSR count). The molecule has 8 heteroatoms. The largest absolute Gasteiger partial charge is 0.463 e. The van der Waals surface area contributed by atoms with Crippen molar-refractivity contribution in [3.05, 3.63) is 30.6 Å². The van der Waals surface area contributed by atoms with Gasteiger partial charge >= 0.3 is 18.6 Å². The van der Waals surface area contributed by atoms with Gasteiger partial charge in [-0.1, -0.05) is 10.0 Å². The SMILES string of the molecule is CCOC(=O)C(Br)(Br)S(=O)(=O)[n+]1ccccc1. The van der Waals surface area contributed by atoms with Gasteiger partial charge in [-0.2, -0.15) is 8.42 Å². The summed E-state index contributed by atoms with van der Waals surface area (Å²) in [7, 11) is -3.98. The number of hydrogen-bond acceptors (Lipinski definition) is 4. The Morgan fingerprint density at radius 1 is 1.29 bits per heavy atom. The highest BCUT2D eigenvalue weighted by molar-refractivity contribution is 9.28. The Kier molecular flexibility index (Phi) is 4.68. The number of carbonyl (C=O) groups is 1. The Morgan fingerprint density at radius 3 is 2.29 bits per heavy atom. The summed E-state index contributed by atoms with van der Waals surface area (Å²) >= 11 is 5.68. The number of hydrogen-bond donors (Lipinski definition) is 0. The lowest BCUT2D eigenvalue weighted by Gasteiger charge is -2.14. The van der Waals surface area contributed by atoms with Gasteiger partial charge in [-0.25, -0.2) is 4.79 Å². The molecule has 17 heavy (non-hydrogen) atoms. The van der Waals surface area contributed by atoms with Crippen molar-refractivity contribution in [2.75, 3.05) is 6.61 Å². The van der Waals surface area contributed by atoms with Crippen LogP contribution in [0.2, 0.25) is 0 Å². The van der Waals surface area contributed by atoms with Crippen molar-refractivity contribution in [3.8, 4) is 0 Å². The molecule has 1 aromatic rings. The summed E-state index contributed by atoms with van der Waals surface area (Å²) in [6.45, 7) is 1.68. The molecule has 0 saturated heterocycles. The molecule has 0 unspecified atom stereocenters. The van der Waals surface area contributed by atoms with Gasteiger partial charge < -0.3 is 4.74 Å². The number of alkyl halides is 2. The predicted octanol–water partition coefficient (Wildman–Crippen LogP) is 1.16. The fraction of sp³-hybridized carbons (Fsp3) is 0.333. The molecular formula is C9H10Br2NO4S+. The minimum absolute atomic E-state index is 0.0900. The zero-order valence-corrected chi connectivity index (χ0v) is 12.8. The van der Waals surface area contributed by atoms with Gasteiger partial charge in [0.2, 0.25) is 0 Å². The van der Waals surface area contributed by atoms with E-state index in [9.17, 15) is 13.2 Å². The average molecular weight is 388 g/mol. The molecule has 1 aromatic heterocycles. The molecule has 5 nitrogen and oxygen atoms in total. The van der Waals surface area contributed by atoms with Crippen LogP contribution in [0.15, 0.2) is 30.6 Å². The van der Waals surface area contributed by atoms with Crippen LogP contribution in [-0.2, 0) is 19.6 Å². The summed E-state index contributed by atoms with van der Waals surface area (Å²) in [5.74, 6) is -0.920. The van der Waals surface area contributed by atoms with E-state index in [0.29, 0.717) is 0 Å². The standard InChI is InChI=1S/C9H10Br2NO4S/c1-2-16-8(13)9(10,11)17(14,15)12-6-4-3-5-7-12/h3-7H,2H2,1H3/q+1. The Morgan fingerprint density at radius 2 is 1.82 bits per heavy atom. The number of pyridine rings is 1. The van der Waals surface area contributed by atoms with Crippen LogP contribution in [0, 0.1) is 0 Å². The van der Waals surface area contributed by atoms with Gasteiger partial charge in [-0.3, -0.25) is 0 Å². The third kappa shape index (κ3) is 2.86. The minimum atomic E-state index is -3.98. The van der Waals surface area contributed by atoms with E-state index in [1.165, 1.54) is 12.4 Å². The van der Waals surface area contributed by atoms with E-state index in [1.807, 2.05) is 0 Å². The Hall–Kier alpha value is -0.470. The third-order valence-corrected chi connectivity index (χ3v) is 6.52. The molecule has 94 valence electrons. The van der Waals surface area contributed by atoms with Crippen molar-refractivity contribution in [1.29, 1.82) is 0 Å². The van der Waals surface area contributed by atoms with E-state index in [4.69, 9.17) is 0 Å². The topological polar surface area (TPSA) is 64.3 Å². The Labute approximate surface area is 116 Å². The second-order valence-corrected chi connectivity index (χ2v) is 9.42. The molecule has 0 bridgehead atoms. The molecule has 0 aliphatic rings. The van der Waals surface area contributed by atoms with Crippen LogP contribution in [0.3, 0.4) is 0 Å². The fourth-order valence-electron chi connectivity index (χ4n) is 0.996. The highest BCUT2D eigenvalue weighted by atomic mass is 79.9. The second-order valence-electron chi connectivity index (χ2n) is 2.95. The van der Waals surface area contributed by atoms with Crippen LogP contribution in [-0.4, -0.2) is 23.6 Å². The predicted molar refractivity (Wildman–Crippen MR) is 68.2 cm³/mol. The smallest absolute Gasteiger partial charge is 0.406 e. The molecule has 0 atom stereocenters. The monoisotopic (exact) mass is 386 g/mol. The Balaban J connectivity index is 3.19. The van der Waals surface area contributed by atoms with Crippen LogP contribution >= 0.6 is 31.9 Å². The lowest BCUT2D eigenvalue weighted by molar-refractivity contribution is -0.511. The molecule has 0 aliphatic carbocycles. The molecule has 0 radical (unpaired) electrons. The van der Waals surface area contributed by atoms with Crippen molar-refractivity contribution < 1.29 is 21.9 Å². The van der Waals surface area contributed by atoms with Gasteiger partial charge in [-0.05, 0) is 38.8 Å². The fourth-order valence-corrected chi connectivity index (χ4v) is 3.22. The molecule has 0 N–H and O–H groups in total. The van der Waals surface area contributed by atoms with Gasteiger partial charge in [-0.15, -0.1) is 0 Å². The average Bonchev–Trinajstić information content (AvgIpc) is 2.30. The number of nitrogens with zero attached hydrogens (tertiary/aromatic N) is 1. The summed E-state index contributed by atoms with van der Waals surface area (Å²) < 4.78 is 27.9. The third-order valence-electron chi connectivity index (χ3n) is 1.80. The summed E-state index contributed by atoms with van der Waals surface area (Å²) in [5, 5.41) is 0. The van der Waals surface area contributed by atoms with Crippen LogP contribution in [0.25, 0.3) is 0 Å². The van der Waals surface area contributed by atoms with Gasteiger partial charge in [0.05, 0.1) is 6.61 Å². The molecular weight excluding hydrogens is 378 g/mol. The number of aromatic nitrogens is 1. The zero-order valence-electron chi connectivity index (χ0n) is 8.84. The van der Waals surface area contributed by atoms with Gasteiger partial charge in [0.25, 0.3) is 0 Å². The van der Waals surface area contributed by atoms with Crippen LogP contribution in [0.1, 0.15) is 6.92 Å². The number of ether oxygens (including phenoxy) is 1. The first-order chi connectivity index (χ1) is 7.84. The highest BCUT2D eigenvalue weighted by Gasteiger charge is 2.54. The summed E-state index contributed by atoms with van der Waals surface area (Å²) in [6.07, 6.45) is 2.65. The van der Waals surface area contributed by atoms with E-state index >= 15 is 0 Å². The highest BCUT2D eigenvalue weighted by Crippen LogP contribution is 2.33. The summed E-state index contributed by atoms with van der Waals surface area (Å²) in [6, 6.07) is 4.75. The lowest BCUT2D eigenvalue weighted by Crippen LogP contribution is -2.54. The quantitative estimate of drug-likeness (QED) is 0.441. The summed E-state index contributed by atoms with van der Waals surface area (Å²) in [5.41, 5.74) is 0. The van der Waals surface area contributed by atoms with Crippen LogP contribution in [0.5, 0.6) is 0 Å². The van der Waals surface area contributed by atoms with E-state index in [-0.39, 0.29) is 6.61 Å². The molecule has 1 heterocycles. The summed E-state index contributed by atoms with van der Waals surface area (Å²) in [4.78, 5) is 11.6. The van der Waals surface area contributed by atoms with Crippen molar-refractivity contribution >= 4 is 47.9 Å². The molecule has 0 spiro atoms. The van der Waals surface area contributed by atoms with E-state index in [1.54, 1.807) is 25.1 Å². The lowest BCUT2D eigenvalue weighted by atomic mass is 10.5. The van der Waals surface area contributed by atoms with Crippen molar-refractivity contribution in [1.82, 2.24) is 0 Å². The van der Waals surface area contributed by atoms with Crippen LogP contribution < -0.4 is 3.97 Å². The maximum atomic E-state index is 12.1. The number of rotatable bonds is 4. The number of halogens is 2. The first-order valence-corrected chi connectivity index (χ1v) is 7.63. The molecule has 0 aromatic carbocycles. The first kappa shape index (κ1) is 14.6. The van der Waals surface area contributed by atoms with E-state index in [2.05, 4.69) is 36.6 Å². The minimum Gasteiger partial charge on any atom is -0.463 e. The molecule has 0 fully saturated rings.